The number of aromatic nitrogens is 2. The number of ether oxygens (including phenoxy) is 1. The maximum atomic E-state index is 12.1. The summed E-state index contributed by atoms with van der Waals surface area (Å²) in [6, 6.07) is 6.90. The molecule has 11 heteroatoms. The van der Waals surface area contributed by atoms with E-state index in [9.17, 15) is 13.2 Å². The van der Waals surface area contributed by atoms with E-state index in [4.69, 9.17) is 9.84 Å². The number of carboxylic acid groups (broad SMARTS) is 1. The lowest BCUT2D eigenvalue weighted by Crippen LogP contribution is -2.31. The van der Waals surface area contributed by atoms with E-state index in [0.29, 0.717) is 12.0 Å². The predicted molar refractivity (Wildman–Crippen MR) is 99.1 cm³/mol. The van der Waals surface area contributed by atoms with Gasteiger partial charge in [-0.15, -0.1) is 0 Å². The van der Waals surface area contributed by atoms with Gasteiger partial charge in [-0.2, -0.15) is 13.1 Å². The smallest absolute Gasteiger partial charge is 0.341 e. The number of nitrogens with zero attached hydrogens (tertiary/aromatic N) is 2. The van der Waals surface area contributed by atoms with E-state index in [2.05, 4.69) is 35.3 Å². The summed E-state index contributed by atoms with van der Waals surface area (Å²) in [5.74, 6) is -1.25. The fourth-order valence-electron chi connectivity index (χ4n) is 1.96. The van der Waals surface area contributed by atoms with Crippen molar-refractivity contribution in [2.75, 3.05) is 17.9 Å². The third kappa shape index (κ3) is 5.64. The second-order valence-corrected chi connectivity index (χ2v) is 7.51. The highest BCUT2D eigenvalue weighted by atomic mass is 79.9. The first kappa shape index (κ1) is 20.1. The van der Waals surface area contributed by atoms with Gasteiger partial charge in [0.25, 0.3) is 10.2 Å². The van der Waals surface area contributed by atoms with Crippen molar-refractivity contribution in [1.82, 2.24) is 14.7 Å². The molecule has 0 spiro atoms. The molecule has 26 heavy (non-hydrogen) atoms. The van der Waals surface area contributed by atoms with Gasteiger partial charge < -0.3 is 9.84 Å². The number of halogens is 1. The van der Waals surface area contributed by atoms with Crippen LogP contribution in [0.2, 0.25) is 0 Å². The summed E-state index contributed by atoms with van der Waals surface area (Å²) in [5, 5.41) is 8.83. The fraction of sp³-hybridized carbons (Fsp3) is 0.267. The molecule has 0 aliphatic heterocycles. The maximum Gasteiger partial charge on any atom is 0.341 e. The molecular formula is C15H17BrN4O5S. The second kappa shape index (κ2) is 8.92. The Labute approximate surface area is 159 Å². The van der Waals surface area contributed by atoms with Crippen LogP contribution in [-0.2, 0) is 15.0 Å². The first-order valence-electron chi connectivity index (χ1n) is 7.55. The van der Waals surface area contributed by atoms with Gasteiger partial charge >= 0.3 is 5.97 Å². The molecular weight excluding hydrogens is 428 g/mol. The molecule has 0 amide bonds. The normalized spacial score (nSPS) is 11.2. The van der Waals surface area contributed by atoms with Gasteiger partial charge in [0.15, 0.2) is 12.4 Å². The summed E-state index contributed by atoms with van der Waals surface area (Å²) < 4.78 is 35.0. The molecule has 1 aromatic carbocycles. The zero-order valence-corrected chi connectivity index (χ0v) is 16.2. The van der Waals surface area contributed by atoms with Crippen molar-refractivity contribution in [3.05, 3.63) is 35.1 Å². The fourth-order valence-corrected chi connectivity index (χ4v) is 3.18. The topological polar surface area (TPSA) is 131 Å². The van der Waals surface area contributed by atoms with Crippen LogP contribution >= 0.6 is 15.9 Å². The number of anilines is 1. The predicted octanol–water partition coefficient (Wildman–Crippen LogP) is 2.03. The molecule has 1 aromatic heterocycles. The van der Waals surface area contributed by atoms with Crippen LogP contribution in [0, 0.1) is 0 Å². The van der Waals surface area contributed by atoms with Gasteiger partial charge in [0.2, 0.25) is 5.88 Å². The summed E-state index contributed by atoms with van der Waals surface area (Å²) in [4.78, 5) is 18.7. The standard InChI is InChI=1S/C15H17BrN4O5S/c1-2-7-19-26(23,24)20-14-13(10-3-5-11(16)6-4-10)15(18-9-17-14)25-8-12(21)22/h3-6,9,19H,2,7-8H2,1H3,(H,21,22)(H,17,18,20). The van der Waals surface area contributed by atoms with Gasteiger partial charge in [0, 0.05) is 11.0 Å². The van der Waals surface area contributed by atoms with Crippen molar-refractivity contribution < 1.29 is 23.1 Å². The van der Waals surface area contributed by atoms with E-state index in [1.807, 2.05) is 6.92 Å². The van der Waals surface area contributed by atoms with Crippen LogP contribution in [0.1, 0.15) is 13.3 Å². The van der Waals surface area contributed by atoms with Crippen LogP contribution in [0.25, 0.3) is 11.1 Å². The van der Waals surface area contributed by atoms with Gasteiger partial charge in [-0.25, -0.2) is 14.8 Å². The van der Waals surface area contributed by atoms with Crippen molar-refractivity contribution >= 4 is 37.9 Å². The molecule has 3 N–H and O–H groups in total. The molecule has 9 nitrogen and oxygen atoms in total. The van der Waals surface area contributed by atoms with E-state index in [-0.39, 0.29) is 23.8 Å². The number of hydrogen-bond acceptors (Lipinski definition) is 6. The molecule has 2 aromatic rings. The molecule has 0 aliphatic rings. The Kier molecular flexibility index (Phi) is 6.89. The minimum atomic E-state index is -3.85. The van der Waals surface area contributed by atoms with Crippen LogP contribution in [-0.4, -0.2) is 42.6 Å². The monoisotopic (exact) mass is 444 g/mol. The summed E-state index contributed by atoms with van der Waals surface area (Å²) >= 11 is 3.32. The number of benzene rings is 1. The largest absolute Gasteiger partial charge is 0.479 e. The first-order chi connectivity index (χ1) is 12.3. The lowest BCUT2D eigenvalue weighted by atomic mass is 10.1. The SMILES string of the molecule is CCCNS(=O)(=O)Nc1ncnc(OCC(=O)O)c1-c1ccc(Br)cc1. The van der Waals surface area contributed by atoms with Crippen molar-refractivity contribution in [2.24, 2.45) is 0 Å². The Hall–Kier alpha value is -2.24. The molecule has 0 saturated heterocycles. The summed E-state index contributed by atoms with van der Waals surface area (Å²) in [5.41, 5.74) is 0.797. The lowest BCUT2D eigenvalue weighted by molar-refractivity contribution is -0.139. The van der Waals surface area contributed by atoms with Crippen molar-refractivity contribution in [3.8, 4) is 17.0 Å². The molecule has 1 heterocycles. The first-order valence-corrected chi connectivity index (χ1v) is 9.83. The van der Waals surface area contributed by atoms with Crippen LogP contribution in [0.3, 0.4) is 0 Å². The molecule has 0 radical (unpaired) electrons. The Bertz CT molecular complexity index is 874. The zero-order chi connectivity index (χ0) is 19.2. The van der Waals surface area contributed by atoms with Gasteiger partial charge in [-0.3, -0.25) is 4.72 Å². The molecule has 0 atom stereocenters. The van der Waals surface area contributed by atoms with E-state index < -0.39 is 22.8 Å². The number of aliphatic carboxylic acids is 1. The van der Waals surface area contributed by atoms with Crippen molar-refractivity contribution in [2.45, 2.75) is 13.3 Å². The van der Waals surface area contributed by atoms with Gasteiger partial charge in [0.1, 0.15) is 6.33 Å². The Morgan fingerprint density at radius 1 is 1.27 bits per heavy atom. The van der Waals surface area contributed by atoms with E-state index in [0.717, 1.165) is 10.8 Å². The molecule has 2 rings (SSSR count). The summed E-state index contributed by atoms with van der Waals surface area (Å²) in [6.07, 6.45) is 1.72. The van der Waals surface area contributed by atoms with Gasteiger partial charge in [-0.05, 0) is 24.1 Å². The molecule has 0 fully saturated rings. The van der Waals surface area contributed by atoms with Crippen molar-refractivity contribution in [3.63, 3.8) is 0 Å². The average Bonchev–Trinajstić information content (AvgIpc) is 2.59. The van der Waals surface area contributed by atoms with E-state index in [1.54, 1.807) is 24.3 Å². The molecule has 140 valence electrons. The van der Waals surface area contributed by atoms with Crippen molar-refractivity contribution in [1.29, 1.82) is 0 Å². The van der Waals surface area contributed by atoms with Gasteiger partial charge in [-0.1, -0.05) is 35.0 Å². The minimum absolute atomic E-state index is 0.0219. The van der Waals surface area contributed by atoms with Crippen LogP contribution in [0.15, 0.2) is 35.1 Å². The zero-order valence-electron chi connectivity index (χ0n) is 13.8. The number of carbonyl (C=O) groups is 1. The number of hydrogen-bond donors (Lipinski definition) is 3. The van der Waals surface area contributed by atoms with E-state index >= 15 is 0 Å². The Balaban J connectivity index is 2.48. The minimum Gasteiger partial charge on any atom is -0.479 e. The highest BCUT2D eigenvalue weighted by molar-refractivity contribution is 9.10. The van der Waals surface area contributed by atoms with Gasteiger partial charge in [0.05, 0.1) is 5.56 Å². The highest BCUT2D eigenvalue weighted by Crippen LogP contribution is 2.34. The quantitative estimate of drug-likeness (QED) is 0.538. The third-order valence-electron chi connectivity index (χ3n) is 3.05. The summed E-state index contributed by atoms with van der Waals surface area (Å²) in [7, 11) is -3.85. The van der Waals surface area contributed by atoms with E-state index in [1.165, 1.54) is 0 Å². The number of nitrogens with one attached hydrogen (secondary N) is 2. The van der Waals surface area contributed by atoms with Crippen LogP contribution in [0.4, 0.5) is 5.82 Å². The van der Waals surface area contributed by atoms with Crippen LogP contribution in [0.5, 0.6) is 5.88 Å². The number of rotatable bonds is 9. The average molecular weight is 445 g/mol. The molecule has 0 saturated carbocycles. The summed E-state index contributed by atoms with van der Waals surface area (Å²) in [6.45, 7) is 1.47. The Morgan fingerprint density at radius 2 is 1.96 bits per heavy atom. The Morgan fingerprint density at radius 3 is 2.58 bits per heavy atom. The van der Waals surface area contributed by atoms with Crippen LogP contribution < -0.4 is 14.2 Å². The third-order valence-corrected chi connectivity index (χ3v) is 4.63. The highest BCUT2D eigenvalue weighted by Gasteiger charge is 2.20. The number of carboxylic acids is 1. The maximum absolute atomic E-state index is 12.1. The molecule has 0 bridgehead atoms. The lowest BCUT2D eigenvalue weighted by Gasteiger charge is -2.15. The molecule has 0 aliphatic carbocycles. The second-order valence-electron chi connectivity index (χ2n) is 5.09. The molecule has 0 unspecified atom stereocenters.